The molecule has 1 N–H and O–H groups in total. The van der Waals surface area contributed by atoms with Gasteiger partial charge in [-0.2, -0.15) is 0 Å². The minimum Gasteiger partial charge on any atom is -0.496 e. The number of halogens is 2. The van der Waals surface area contributed by atoms with Crippen LogP contribution in [0.3, 0.4) is 0 Å². The van der Waals surface area contributed by atoms with E-state index in [-0.39, 0.29) is 6.04 Å². The van der Waals surface area contributed by atoms with Gasteiger partial charge in [0.25, 0.3) is 0 Å². The van der Waals surface area contributed by atoms with Crippen LogP contribution in [0.15, 0.2) is 31.8 Å². The number of ether oxygens (including phenoxy) is 1. The molecule has 0 spiro atoms. The van der Waals surface area contributed by atoms with Crippen LogP contribution in [0.4, 0.5) is 0 Å². The molecule has 2 aromatic rings. The zero-order chi connectivity index (χ0) is 15.4. The zero-order valence-electron chi connectivity index (χ0n) is 12.4. The number of nitrogens with one attached hydrogen (secondary N) is 1. The number of thiophene rings is 1. The van der Waals surface area contributed by atoms with E-state index >= 15 is 0 Å². The monoisotopic (exact) mass is 431 g/mol. The molecule has 1 heterocycles. The number of aryl methyl sites for hydroxylation is 1. The number of hydrogen-bond acceptors (Lipinski definition) is 3. The van der Waals surface area contributed by atoms with Gasteiger partial charge < -0.3 is 10.1 Å². The van der Waals surface area contributed by atoms with Crippen molar-refractivity contribution in [3.05, 3.63) is 48.5 Å². The Labute approximate surface area is 147 Å². The van der Waals surface area contributed by atoms with Crippen LogP contribution in [-0.4, -0.2) is 13.7 Å². The van der Waals surface area contributed by atoms with Gasteiger partial charge in [0.05, 0.1) is 20.7 Å². The van der Waals surface area contributed by atoms with E-state index in [0.717, 1.165) is 31.9 Å². The summed E-state index contributed by atoms with van der Waals surface area (Å²) in [5.41, 5.74) is 3.63. The van der Waals surface area contributed by atoms with E-state index in [2.05, 4.69) is 75.3 Å². The second-order valence-electron chi connectivity index (χ2n) is 4.90. The molecule has 1 unspecified atom stereocenters. The summed E-state index contributed by atoms with van der Waals surface area (Å²) < 4.78 is 7.75. The second-order valence-corrected chi connectivity index (χ2v) is 8.65. The van der Waals surface area contributed by atoms with Crippen LogP contribution in [0.25, 0.3) is 0 Å². The molecule has 0 saturated heterocycles. The van der Waals surface area contributed by atoms with E-state index in [1.165, 1.54) is 11.1 Å². The van der Waals surface area contributed by atoms with E-state index in [0.29, 0.717) is 0 Å². The van der Waals surface area contributed by atoms with Crippen molar-refractivity contribution < 1.29 is 4.74 Å². The lowest BCUT2D eigenvalue weighted by Gasteiger charge is -2.20. The molecule has 0 bridgehead atoms. The van der Waals surface area contributed by atoms with Gasteiger partial charge in [0.15, 0.2) is 0 Å². The molecular weight excluding hydrogens is 414 g/mol. The molecule has 114 valence electrons. The fourth-order valence-corrected chi connectivity index (χ4v) is 5.16. The van der Waals surface area contributed by atoms with E-state index in [9.17, 15) is 0 Å². The first-order valence-electron chi connectivity index (χ1n) is 6.89. The van der Waals surface area contributed by atoms with Crippen molar-refractivity contribution >= 4 is 43.2 Å². The molecule has 21 heavy (non-hydrogen) atoms. The average molecular weight is 433 g/mol. The number of methoxy groups -OCH3 is 1. The van der Waals surface area contributed by atoms with Crippen LogP contribution in [0, 0.1) is 6.92 Å². The van der Waals surface area contributed by atoms with Crippen LogP contribution < -0.4 is 10.1 Å². The Bertz CT molecular complexity index is 612. The van der Waals surface area contributed by atoms with Crippen LogP contribution >= 0.6 is 43.2 Å². The normalized spacial score (nSPS) is 12.4. The highest BCUT2D eigenvalue weighted by molar-refractivity contribution is 9.12. The number of hydrogen-bond donors (Lipinski definition) is 1. The number of rotatable bonds is 6. The summed E-state index contributed by atoms with van der Waals surface area (Å²) in [6, 6.07) is 8.75. The maximum atomic E-state index is 5.47. The summed E-state index contributed by atoms with van der Waals surface area (Å²) in [4.78, 5) is 0. The fraction of sp³-hybridized carbons (Fsp3) is 0.375. The Morgan fingerprint density at radius 3 is 2.62 bits per heavy atom. The van der Waals surface area contributed by atoms with E-state index in [4.69, 9.17) is 4.74 Å². The third kappa shape index (κ3) is 4.09. The molecule has 5 heteroatoms. The first-order chi connectivity index (χ1) is 10.1. The quantitative estimate of drug-likeness (QED) is 0.633. The van der Waals surface area contributed by atoms with Gasteiger partial charge in [-0.3, -0.25) is 0 Å². The van der Waals surface area contributed by atoms with Gasteiger partial charge in [-0.15, -0.1) is 11.3 Å². The van der Waals surface area contributed by atoms with Crippen molar-refractivity contribution in [3.8, 4) is 5.75 Å². The zero-order valence-corrected chi connectivity index (χ0v) is 16.4. The molecule has 2 rings (SSSR count). The minimum absolute atomic E-state index is 0.163. The highest BCUT2D eigenvalue weighted by Crippen LogP contribution is 2.38. The molecule has 0 fully saturated rings. The Balaban J connectivity index is 2.42. The van der Waals surface area contributed by atoms with Crippen molar-refractivity contribution in [3.63, 3.8) is 0 Å². The van der Waals surface area contributed by atoms with Crippen molar-refractivity contribution in [2.45, 2.75) is 26.3 Å². The predicted molar refractivity (Wildman–Crippen MR) is 97.6 cm³/mol. The van der Waals surface area contributed by atoms with Crippen LogP contribution in [0.2, 0.25) is 0 Å². The molecule has 0 aliphatic rings. The summed E-state index contributed by atoms with van der Waals surface area (Å²) >= 11 is 8.94. The third-order valence-electron chi connectivity index (χ3n) is 3.36. The number of benzene rings is 1. The molecule has 0 aliphatic carbocycles. The lowest BCUT2D eigenvalue weighted by Crippen LogP contribution is -2.23. The van der Waals surface area contributed by atoms with Crippen LogP contribution in [0.1, 0.15) is 36.1 Å². The fourth-order valence-electron chi connectivity index (χ4n) is 2.26. The summed E-state index contributed by atoms with van der Waals surface area (Å²) in [7, 11) is 1.72. The lowest BCUT2D eigenvalue weighted by molar-refractivity contribution is 0.410. The maximum absolute atomic E-state index is 5.47. The van der Waals surface area contributed by atoms with E-state index in [1.807, 2.05) is 0 Å². The first kappa shape index (κ1) is 17.0. The predicted octanol–water partition coefficient (Wildman–Crippen LogP) is 5.68. The van der Waals surface area contributed by atoms with Gasteiger partial charge in [0.2, 0.25) is 0 Å². The molecule has 0 radical (unpaired) electrons. The largest absolute Gasteiger partial charge is 0.496 e. The molecule has 1 atom stereocenters. The topological polar surface area (TPSA) is 21.3 Å². The first-order valence-corrected chi connectivity index (χ1v) is 9.29. The van der Waals surface area contributed by atoms with Gasteiger partial charge in [0, 0.05) is 0 Å². The lowest BCUT2D eigenvalue weighted by atomic mass is 9.99. The highest BCUT2D eigenvalue weighted by Gasteiger charge is 2.19. The molecule has 1 aromatic carbocycles. The summed E-state index contributed by atoms with van der Waals surface area (Å²) in [5.74, 6) is 0.932. The van der Waals surface area contributed by atoms with Gasteiger partial charge in [-0.05, 0) is 80.6 Å². The van der Waals surface area contributed by atoms with E-state index < -0.39 is 0 Å². The smallest absolute Gasteiger partial charge is 0.122 e. The Hall–Kier alpha value is -0.360. The van der Waals surface area contributed by atoms with Gasteiger partial charge >= 0.3 is 0 Å². The summed E-state index contributed by atoms with van der Waals surface area (Å²) in [6.07, 6.45) is 1.10. The van der Waals surface area contributed by atoms with Crippen LogP contribution in [-0.2, 0) is 0 Å². The Morgan fingerprint density at radius 2 is 2.05 bits per heavy atom. The van der Waals surface area contributed by atoms with Gasteiger partial charge in [-0.1, -0.05) is 19.1 Å². The van der Waals surface area contributed by atoms with Crippen molar-refractivity contribution in [1.82, 2.24) is 5.32 Å². The molecule has 0 saturated carbocycles. The molecule has 0 amide bonds. The van der Waals surface area contributed by atoms with Crippen molar-refractivity contribution in [2.24, 2.45) is 0 Å². The SMILES string of the molecule is CCCNC(c1ccc(C)c(OC)c1)c1cc(Br)sc1Br. The molecule has 2 nitrogen and oxygen atoms in total. The standard InChI is InChI=1S/C16H19Br2NOS/c1-4-7-19-15(12-9-14(17)21-16(12)18)11-6-5-10(2)13(8-11)20-3/h5-6,8-9,15,19H,4,7H2,1-3H3. The van der Waals surface area contributed by atoms with E-state index in [1.54, 1.807) is 18.4 Å². The Morgan fingerprint density at radius 1 is 1.29 bits per heavy atom. The maximum Gasteiger partial charge on any atom is 0.122 e. The molecular formula is C16H19Br2NOS. The molecule has 1 aromatic heterocycles. The minimum atomic E-state index is 0.163. The summed E-state index contributed by atoms with van der Waals surface area (Å²) in [5, 5.41) is 3.63. The highest BCUT2D eigenvalue weighted by atomic mass is 79.9. The third-order valence-corrected chi connectivity index (χ3v) is 5.74. The van der Waals surface area contributed by atoms with Crippen molar-refractivity contribution in [2.75, 3.05) is 13.7 Å². The van der Waals surface area contributed by atoms with Crippen molar-refractivity contribution in [1.29, 1.82) is 0 Å². The van der Waals surface area contributed by atoms with Gasteiger partial charge in [0.1, 0.15) is 5.75 Å². The Kier molecular flexibility index (Phi) is 6.29. The second kappa shape index (κ2) is 7.77. The molecule has 0 aliphatic heterocycles. The van der Waals surface area contributed by atoms with Gasteiger partial charge in [-0.25, -0.2) is 0 Å². The average Bonchev–Trinajstić information content (AvgIpc) is 2.79. The summed E-state index contributed by atoms with van der Waals surface area (Å²) in [6.45, 7) is 5.22. The van der Waals surface area contributed by atoms with Crippen LogP contribution in [0.5, 0.6) is 5.75 Å².